The lowest BCUT2D eigenvalue weighted by atomic mass is 10.2. The van der Waals surface area contributed by atoms with Crippen LogP contribution in [0.5, 0.6) is 5.75 Å². The Kier molecular flexibility index (Phi) is 4.18. The van der Waals surface area contributed by atoms with Gasteiger partial charge in [0.2, 0.25) is 0 Å². The molecule has 2 aromatic carbocycles. The Hall–Kier alpha value is -1.32. The molecule has 0 fully saturated rings. The fraction of sp³-hybridized carbons (Fsp3) is 0.143. The van der Waals surface area contributed by atoms with Gasteiger partial charge in [0.25, 0.3) is 0 Å². The number of aliphatic hydroxyl groups is 1. The topological polar surface area (TPSA) is 29.5 Å². The fourth-order valence-electron chi connectivity index (χ4n) is 1.49. The molecule has 0 aromatic heterocycles. The summed E-state index contributed by atoms with van der Waals surface area (Å²) in [5, 5.41) is 8.74. The molecule has 0 aliphatic heterocycles. The van der Waals surface area contributed by atoms with E-state index in [1.807, 2.05) is 54.6 Å². The summed E-state index contributed by atoms with van der Waals surface area (Å²) in [7, 11) is 0. The molecule has 0 aliphatic rings. The number of aliphatic hydroxyl groups excluding tert-OH is 1. The van der Waals surface area contributed by atoms with Crippen molar-refractivity contribution < 1.29 is 9.84 Å². The van der Waals surface area contributed by atoms with Crippen LogP contribution in [0, 0.1) is 0 Å². The molecular weight excluding hydrogens is 280 g/mol. The van der Waals surface area contributed by atoms with Crippen LogP contribution in [-0.2, 0) is 6.61 Å². The van der Waals surface area contributed by atoms with Crippen molar-refractivity contribution in [2.75, 3.05) is 0 Å². The number of benzene rings is 2. The van der Waals surface area contributed by atoms with E-state index in [0.29, 0.717) is 6.61 Å². The molecule has 2 nitrogen and oxygen atoms in total. The van der Waals surface area contributed by atoms with Gasteiger partial charge in [-0.15, -0.1) is 0 Å². The first kappa shape index (κ1) is 12.1. The minimum absolute atomic E-state index is 0.530. The van der Waals surface area contributed by atoms with Crippen molar-refractivity contribution in [2.24, 2.45) is 0 Å². The predicted molar refractivity (Wildman–Crippen MR) is 71.1 cm³/mol. The predicted octanol–water partition coefficient (Wildman–Crippen LogP) is 3.65. The van der Waals surface area contributed by atoms with Gasteiger partial charge in [-0.1, -0.05) is 58.4 Å². The molecule has 0 spiro atoms. The standard InChI is InChI=1S/C14H13BrO2/c15-14(16)12-7-4-8-13(9-12)17-10-11-5-2-1-3-6-11/h1-9,14,16H,10H2. The van der Waals surface area contributed by atoms with E-state index in [4.69, 9.17) is 4.74 Å². The van der Waals surface area contributed by atoms with Crippen LogP contribution >= 0.6 is 15.9 Å². The van der Waals surface area contributed by atoms with Crippen LogP contribution in [0.1, 0.15) is 16.1 Å². The van der Waals surface area contributed by atoms with Gasteiger partial charge in [0, 0.05) is 0 Å². The van der Waals surface area contributed by atoms with Crippen LogP contribution in [0.2, 0.25) is 0 Å². The third-order valence-electron chi connectivity index (χ3n) is 2.38. The van der Waals surface area contributed by atoms with Crippen LogP contribution in [0.4, 0.5) is 0 Å². The summed E-state index contributed by atoms with van der Waals surface area (Å²) in [5.41, 5.74) is 1.91. The van der Waals surface area contributed by atoms with Gasteiger partial charge in [-0.2, -0.15) is 0 Å². The van der Waals surface area contributed by atoms with Crippen LogP contribution in [-0.4, -0.2) is 5.11 Å². The van der Waals surface area contributed by atoms with E-state index in [9.17, 15) is 5.11 Å². The highest BCUT2D eigenvalue weighted by atomic mass is 79.9. The van der Waals surface area contributed by atoms with Crippen LogP contribution in [0.25, 0.3) is 0 Å². The van der Waals surface area contributed by atoms with Crippen LogP contribution in [0.15, 0.2) is 54.6 Å². The van der Waals surface area contributed by atoms with E-state index in [2.05, 4.69) is 15.9 Å². The number of alkyl halides is 1. The second-order valence-corrected chi connectivity index (χ2v) is 4.55. The van der Waals surface area contributed by atoms with E-state index in [1.54, 1.807) is 0 Å². The zero-order valence-electron chi connectivity index (χ0n) is 9.21. The highest BCUT2D eigenvalue weighted by molar-refractivity contribution is 9.09. The second-order valence-electron chi connectivity index (χ2n) is 3.68. The lowest BCUT2D eigenvalue weighted by Crippen LogP contribution is -1.96. The molecule has 17 heavy (non-hydrogen) atoms. The van der Waals surface area contributed by atoms with Crippen molar-refractivity contribution >= 4 is 15.9 Å². The monoisotopic (exact) mass is 292 g/mol. The number of hydrogen-bond acceptors (Lipinski definition) is 2. The highest BCUT2D eigenvalue weighted by Crippen LogP contribution is 2.23. The molecule has 1 atom stereocenters. The molecule has 2 aromatic rings. The molecule has 1 unspecified atom stereocenters. The summed E-state index contributed by atoms with van der Waals surface area (Å²) >= 11 is 3.11. The quantitative estimate of drug-likeness (QED) is 0.872. The molecule has 1 N–H and O–H groups in total. The van der Waals surface area contributed by atoms with Gasteiger partial charge >= 0.3 is 0 Å². The SMILES string of the molecule is OC(Br)c1cccc(OCc2ccccc2)c1. The highest BCUT2D eigenvalue weighted by Gasteiger charge is 2.03. The smallest absolute Gasteiger partial charge is 0.134 e. The average Bonchev–Trinajstić information content (AvgIpc) is 2.38. The fourth-order valence-corrected chi connectivity index (χ4v) is 1.78. The summed E-state index contributed by atoms with van der Waals surface area (Å²) in [6.07, 6.45) is 0. The lowest BCUT2D eigenvalue weighted by Gasteiger charge is -2.08. The first-order valence-corrected chi connectivity index (χ1v) is 6.26. The number of hydrogen-bond donors (Lipinski definition) is 1. The summed E-state index contributed by atoms with van der Waals surface area (Å²) < 4.78 is 5.65. The molecule has 0 heterocycles. The maximum absolute atomic E-state index is 9.39. The van der Waals surface area contributed by atoms with Crippen molar-refractivity contribution in [3.8, 4) is 5.75 Å². The summed E-state index contributed by atoms with van der Waals surface area (Å²) in [4.78, 5) is 0. The van der Waals surface area contributed by atoms with E-state index < -0.39 is 5.01 Å². The molecule has 88 valence electrons. The minimum Gasteiger partial charge on any atom is -0.489 e. The Morgan fingerprint density at radius 1 is 1.06 bits per heavy atom. The van der Waals surface area contributed by atoms with Crippen molar-refractivity contribution in [1.82, 2.24) is 0 Å². The van der Waals surface area contributed by atoms with Gasteiger partial charge in [-0.05, 0) is 23.3 Å². The zero-order chi connectivity index (χ0) is 12.1. The van der Waals surface area contributed by atoms with Gasteiger partial charge in [-0.25, -0.2) is 0 Å². The van der Waals surface area contributed by atoms with Crippen LogP contribution in [0.3, 0.4) is 0 Å². The summed E-state index contributed by atoms with van der Waals surface area (Å²) in [6, 6.07) is 17.4. The Morgan fingerprint density at radius 3 is 2.53 bits per heavy atom. The molecule has 0 saturated heterocycles. The zero-order valence-corrected chi connectivity index (χ0v) is 10.8. The molecule has 0 amide bonds. The molecule has 3 heteroatoms. The Morgan fingerprint density at radius 2 is 1.82 bits per heavy atom. The van der Waals surface area contributed by atoms with Gasteiger partial charge in [0.05, 0.1) is 0 Å². The van der Waals surface area contributed by atoms with Gasteiger partial charge in [0.15, 0.2) is 0 Å². The van der Waals surface area contributed by atoms with Gasteiger partial charge in [0.1, 0.15) is 17.4 Å². The largest absolute Gasteiger partial charge is 0.489 e. The third-order valence-corrected chi connectivity index (χ3v) is 2.91. The second kappa shape index (κ2) is 5.84. The molecule has 0 radical (unpaired) electrons. The molecule has 0 saturated carbocycles. The van der Waals surface area contributed by atoms with E-state index in [1.165, 1.54) is 0 Å². The van der Waals surface area contributed by atoms with Gasteiger partial charge < -0.3 is 9.84 Å². The van der Waals surface area contributed by atoms with E-state index in [0.717, 1.165) is 16.9 Å². The Balaban J connectivity index is 2.02. The van der Waals surface area contributed by atoms with E-state index >= 15 is 0 Å². The Bertz CT molecular complexity index is 469. The maximum atomic E-state index is 9.39. The van der Waals surface area contributed by atoms with E-state index in [-0.39, 0.29) is 0 Å². The minimum atomic E-state index is -0.650. The average molecular weight is 293 g/mol. The molecular formula is C14H13BrO2. The summed E-state index contributed by atoms with van der Waals surface area (Å²) in [6.45, 7) is 0.530. The van der Waals surface area contributed by atoms with Crippen molar-refractivity contribution in [2.45, 2.75) is 11.6 Å². The van der Waals surface area contributed by atoms with Crippen molar-refractivity contribution in [1.29, 1.82) is 0 Å². The number of halogens is 1. The Labute approximate surface area is 109 Å². The number of ether oxygens (including phenoxy) is 1. The molecule has 0 bridgehead atoms. The normalized spacial score (nSPS) is 12.1. The number of rotatable bonds is 4. The van der Waals surface area contributed by atoms with Crippen molar-refractivity contribution in [3.05, 3.63) is 65.7 Å². The first-order valence-electron chi connectivity index (χ1n) is 5.34. The van der Waals surface area contributed by atoms with Crippen molar-refractivity contribution in [3.63, 3.8) is 0 Å². The third kappa shape index (κ3) is 3.58. The lowest BCUT2D eigenvalue weighted by molar-refractivity contribution is 0.274. The molecule has 0 aliphatic carbocycles. The first-order chi connectivity index (χ1) is 8.25. The van der Waals surface area contributed by atoms with Gasteiger partial charge in [-0.3, -0.25) is 0 Å². The van der Waals surface area contributed by atoms with Crippen LogP contribution < -0.4 is 4.74 Å². The molecule has 2 rings (SSSR count). The maximum Gasteiger partial charge on any atom is 0.134 e. The summed E-state index contributed by atoms with van der Waals surface area (Å²) in [5.74, 6) is 0.754.